The predicted molar refractivity (Wildman–Crippen MR) is 103 cm³/mol. The Morgan fingerprint density at radius 3 is 2.76 bits per heavy atom. The highest BCUT2D eigenvalue weighted by atomic mass is 19.2. The Labute approximate surface area is 169 Å². The molecule has 29 heavy (non-hydrogen) atoms. The van der Waals surface area contributed by atoms with Crippen molar-refractivity contribution in [1.29, 1.82) is 0 Å². The highest BCUT2D eigenvalue weighted by molar-refractivity contribution is 5.18. The Morgan fingerprint density at radius 2 is 2.03 bits per heavy atom. The second kappa shape index (κ2) is 10.2. The number of hydrogen-bond acceptors (Lipinski definition) is 6. The van der Waals surface area contributed by atoms with E-state index in [0.717, 1.165) is 11.8 Å². The van der Waals surface area contributed by atoms with Crippen molar-refractivity contribution in [3.05, 3.63) is 59.2 Å². The van der Waals surface area contributed by atoms with Gasteiger partial charge in [-0.05, 0) is 42.5 Å². The first-order valence-electron chi connectivity index (χ1n) is 9.77. The molecule has 3 N–H and O–H groups in total. The minimum absolute atomic E-state index is 0.0505. The highest BCUT2D eigenvalue weighted by Gasteiger charge is 2.42. The van der Waals surface area contributed by atoms with Crippen LogP contribution in [0.25, 0.3) is 0 Å². The van der Waals surface area contributed by atoms with Crippen molar-refractivity contribution >= 4 is 0 Å². The number of aliphatic hydroxyl groups is 2. The summed E-state index contributed by atoms with van der Waals surface area (Å²) in [5, 5.41) is 23.5. The van der Waals surface area contributed by atoms with E-state index < -0.39 is 17.7 Å². The number of ether oxygens (including phenoxy) is 1. The molecule has 158 valence electrons. The Hall–Kier alpha value is -2.00. The summed E-state index contributed by atoms with van der Waals surface area (Å²) in [6, 6.07) is 5.54. The fraction of sp³-hybridized carbons (Fsp3) is 0.524. The van der Waals surface area contributed by atoms with Crippen LogP contribution in [0.1, 0.15) is 23.5 Å². The maximum absolute atomic E-state index is 13.5. The van der Waals surface area contributed by atoms with Crippen LogP contribution in [0.2, 0.25) is 0 Å². The van der Waals surface area contributed by atoms with E-state index >= 15 is 0 Å². The first-order chi connectivity index (χ1) is 14.0. The lowest BCUT2D eigenvalue weighted by molar-refractivity contribution is 0.0716. The van der Waals surface area contributed by atoms with Gasteiger partial charge in [0.15, 0.2) is 11.6 Å². The van der Waals surface area contributed by atoms with Crippen LogP contribution >= 0.6 is 0 Å². The maximum Gasteiger partial charge on any atom is 0.159 e. The summed E-state index contributed by atoms with van der Waals surface area (Å²) in [5.41, 5.74) is 1.46. The molecule has 1 saturated carbocycles. The molecule has 0 unspecified atom stereocenters. The number of rotatable bonds is 9. The first kappa shape index (κ1) is 21.7. The third kappa shape index (κ3) is 5.54. The van der Waals surface area contributed by atoms with Gasteiger partial charge in [-0.1, -0.05) is 6.07 Å². The Bertz CT molecular complexity index is 808. The molecule has 3 rings (SSSR count). The van der Waals surface area contributed by atoms with E-state index in [1.54, 1.807) is 13.3 Å². The highest BCUT2D eigenvalue weighted by Crippen LogP contribution is 2.35. The van der Waals surface area contributed by atoms with Gasteiger partial charge in [0.1, 0.15) is 5.82 Å². The zero-order valence-electron chi connectivity index (χ0n) is 16.4. The van der Waals surface area contributed by atoms with Gasteiger partial charge in [-0.15, -0.1) is 0 Å². The SMILES string of the molecule is COCCc1nccc(C[C@@H]2[C@@H](CO)[C@H](O)C[C@H]2NCc2ccc(F)c(F)c2)n1. The van der Waals surface area contributed by atoms with E-state index in [1.807, 2.05) is 6.07 Å². The van der Waals surface area contributed by atoms with Gasteiger partial charge in [0.25, 0.3) is 0 Å². The molecule has 0 bridgehead atoms. The van der Waals surface area contributed by atoms with Crippen LogP contribution in [0.3, 0.4) is 0 Å². The van der Waals surface area contributed by atoms with Gasteiger partial charge in [-0.25, -0.2) is 18.7 Å². The summed E-state index contributed by atoms with van der Waals surface area (Å²) in [7, 11) is 1.62. The lowest BCUT2D eigenvalue weighted by atomic mass is 9.88. The predicted octanol–water partition coefficient (Wildman–Crippen LogP) is 1.63. The minimum atomic E-state index is -0.884. The van der Waals surface area contributed by atoms with Crippen molar-refractivity contribution < 1.29 is 23.7 Å². The van der Waals surface area contributed by atoms with Gasteiger partial charge in [-0.3, -0.25) is 0 Å². The van der Waals surface area contributed by atoms with Crippen LogP contribution in [0.4, 0.5) is 8.78 Å². The number of methoxy groups -OCH3 is 1. The van der Waals surface area contributed by atoms with Gasteiger partial charge in [0.2, 0.25) is 0 Å². The van der Waals surface area contributed by atoms with Crippen molar-refractivity contribution in [2.24, 2.45) is 11.8 Å². The van der Waals surface area contributed by atoms with Crippen LogP contribution in [-0.2, 0) is 24.1 Å². The molecule has 0 amide bonds. The Morgan fingerprint density at radius 1 is 1.21 bits per heavy atom. The Kier molecular flexibility index (Phi) is 7.60. The van der Waals surface area contributed by atoms with Gasteiger partial charge in [0.05, 0.1) is 12.7 Å². The van der Waals surface area contributed by atoms with E-state index in [2.05, 4.69) is 15.3 Å². The molecule has 1 aliphatic carbocycles. The molecule has 8 heteroatoms. The zero-order valence-corrected chi connectivity index (χ0v) is 16.4. The molecule has 0 spiro atoms. The van der Waals surface area contributed by atoms with Gasteiger partial charge >= 0.3 is 0 Å². The van der Waals surface area contributed by atoms with Crippen LogP contribution in [0, 0.1) is 23.5 Å². The molecule has 6 nitrogen and oxygen atoms in total. The topological polar surface area (TPSA) is 87.5 Å². The van der Waals surface area contributed by atoms with Crippen LogP contribution in [0.5, 0.6) is 0 Å². The fourth-order valence-electron chi connectivity index (χ4n) is 3.99. The van der Waals surface area contributed by atoms with Gasteiger partial charge < -0.3 is 20.3 Å². The molecule has 1 aromatic heterocycles. The van der Waals surface area contributed by atoms with E-state index in [-0.39, 0.29) is 24.5 Å². The smallest absolute Gasteiger partial charge is 0.159 e. The number of aromatic nitrogens is 2. The van der Waals surface area contributed by atoms with Gasteiger partial charge in [0, 0.05) is 50.5 Å². The molecule has 0 radical (unpaired) electrons. The maximum atomic E-state index is 13.5. The standard InChI is InChI=1S/C21H27F2N3O3/c1-29-7-5-21-24-6-4-14(26-21)9-15-16(12-27)20(28)10-19(15)25-11-13-2-3-17(22)18(23)8-13/h2-4,6,8,15-16,19-20,25,27-28H,5,7,9-12H2,1H3/t15-,16-,19-,20-/m1/s1. The fourth-order valence-corrected chi connectivity index (χ4v) is 3.99. The van der Waals surface area contributed by atoms with Crippen molar-refractivity contribution in [2.45, 2.75) is 38.0 Å². The summed E-state index contributed by atoms with van der Waals surface area (Å²) in [6.07, 6.45) is 2.72. The lowest BCUT2D eigenvalue weighted by Crippen LogP contribution is -2.36. The monoisotopic (exact) mass is 407 g/mol. The molecule has 2 aromatic rings. The normalized spacial score (nSPS) is 24.2. The number of nitrogens with zero attached hydrogens (tertiary/aromatic N) is 2. The summed E-state index contributed by atoms with van der Waals surface area (Å²) in [4.78, 5) is 8.81. The largest absolute Gasteiger partial charge is 0.396 e. The molecule has 0 saturated heterocycles. The molecule has 1 heterocycles. The van der Waals surface area contributed by atoms with Crippen LogP contribution in [-0.4, -0.2) is 52.7 Å². The third-order valence-electron chi connectivity index (χ3n) is 5.56. The lowest BCUT2D eigenvalue weighted by Gasteiger charge is -2.25. The molecular formula is C21H27F2N3O3. The van der Waals surface area contributed by atoms with Gasteiger partial charge in [-0.2, -0.15) is 0 Å². The van der Waals surface area contributed by atoms with Crippen molar-refractivity contribution in [3.63, 3.8) is 0 Å². The van der Waals surface area contributed by atoms with Crippen LogP contribution < -0.4 is 5.32 Å². The minimum Gasteiger partial charge on any atom is -0.396 e. The van der Waals surface area contributed by atoms with Crippen molar-refractivity contribution in [2.75, 3.05) is 20.3 Å². The van der Waals surface area contributed by atoms with E-state index in [0.29, 0.717) is 43.8 Å². The average molecular weight is 407 g/mol. The zero-order chi connectivity index (χ0) is 20.8. The first-order valence-corrected chi connectivity index (χ1v) is 9.77. The van der Waals surface area contributed by atoms with E-state index in [1.165, 1.54) is 12.1 Å². The number of halogens is 2. The summed E-state index contributed by atoms with van der Waals surface area (Å²) >= 11 is 0. The summed E-state index contributed by atoms with van der Waals surface area (Å²) in [6.45, 7) is 0.742. The third-order valence-corrected chi connectivity index (χ3v) is 5.56. The Balaban J connectivity index is 1.70. The summed E-state index contributed by atoms with van der Waals surface area (Å²) < 4.78 is 31.6. The second-order valence-corrected chi connectivity index (χ2v) is 7.46. The molecule has 1 aromatic carbocycles. The van der Waals surface area contributed by atoms with Crippen molar-refractivity contribution in [1.82, 2.24) is 15.3 Å². The summed E-state index contributed by atoms with van der Waals surface area (Å²) in [5.74, 6) is -1.41. The van der Waals surface area contributed by atoms with E-state index in [9.17, 15) is 19.0 Å². The molecule has 4 atom stereocenters. The van der Waals surface area contributed by atoms with Crippen LogP contribution in [0.15, 0.2) is 30.5 Å². The molecule has 1 fully saturated rings. The number of aliphatic hydroxyl groups excluding tert-OH is 2. The number of nitrogens with one attached hydrogen (secondary N) is 1. The number of benzene rings is 1. The molecular weight excluding hydrogens is 380 g/mol. The van der Waals surface area contributed by atoms with Crippen molar-refractivity contribution in [3.8, 4) is 0 Å². The quantitative estimate of drug-likeness (QED) is 0.586. The van der Waals surface area contributed by atoms with E-state index in [4.69, 9.17) is 4.74 Å². The molecule has 1 aliphatic rings. The second-order valence-electron chi connectivity index (χ2n) is 7.46. The molecule has 0 aliphatic heterocycles. The average Bonchev–Trinajstić information content (AvgIpc) is 3.01. The number of hydrogen-bond donors (Lipinski definition) is 3.